The van der Waals surface area contributed by atoms with Gasteiger partial charge < -0.3 is 10.2 Å². The van der Waals surface area contributed by atoms with Gasteiger partial charge in [-0.3, -0.25) is 4.79 Å². The van der Waals surface area contributed by atoms with Crippen LogP contribution in [0.4, 0.5) is 0 Å². The predicted molar refractivity (Wildman–Crippen MR) is 60.7 cm³/mol. The molecular formula is C13H14O3. The van der Waals surface area contributed by atoms with E-state index in [0.717, 1.165) is 31.3 Å². The maximum absolute atomic E-state index is 12.0. The Balaban J connectivity index is 2.30. The van der Waals surface area contributed by atoms with Crippen LogP contribution in [0.25, 0.3) is 0 Å². The van der Waals surface area contributed by atoms with E-state index in [0.29, 0.717) is 0 Å². The number of hydrogen-bond acceptors (Lipinski definition) is 3. The number of phenolic OH excluding ortho intramolecular Hbond substituents is 2. The molecule has 0 saturated carbocycles. The van der Waals surface area contributed by atoms with Gasteiger partial charge in [-0.05, 0) is 43.4 Å². The van der Waals surface area contributed by atoms with E-state index in [2.05, 4.69) is 0 Å². The summed E-state index contributed by atoms with van der Waals surface area (Å²) in [6, 6.07) is 4.06. The van der Waals surface area contributed by atoms with Crippen LogP contribution >= 0.6 is 0 Å². The average molecular weight is 218 g/mol. The fourth-order valence-corrected chi connectivity index (χ4v) is 1.93. The minimum atomic E-state index is -0.156. The van der Waals surface area contributed by atoms with Crippen LogP contribution in [-0.2, 0) is 0 Å². The molecule has 2 N–H and O–H groups in total. The Bertz CT molecular complexity index is 446. The molecule has 0 radical (unpaired) electrons. The van der Waals surface area contributed by atoms with Crippen molar-refractivity contribution in [2.75, 3.05) is 0 Å². The minimum Gasteiger partial charge on any atom is -0.508 e. The molecule has 2 rings (SSSR count). The van der Waals surface area contributed by atoms with Gasteiger partial charge in [0.25, 0.3) is 0 Å². The Labute approximate surface area is 94.0 Å². The van der Waals surface area contributed by atoms with Crippen molar-refractivity contribution >= 4 is 5.78 Å². The van der Waals surface area contributed by atoms with E-state index in [1.807, 2.05) is 6.08 Å². The second kappa shape index (κ2) is 4.39. The molecule has 0 aliphatic heterocycles. The summed E-state index contributed by atoms with van der Waals surface area (Å²) in [6.45, 7) is 0. The molecule has 0 fully saturated rings. The number of aromatic hydroxyl groups is 2. The highest BCUT2D eigenvalue weighted by atomic mass is 16.3. The molecule has 1 aromatic carbocycles. The third-order valence-electron chi connectivity index (χ3n) is 2.81. The van der Waals surface area contributed by atoms with Crippen molar-refractivity contribution in [2.45, 2.75) is 25.7 Å². The summed E-state index contributed by atoms with van der Waals surface area (Å²) in [5.41, 5.74) is 1.04. The first-order chi connectivity index (χ1) is 7.68. The van der Waals surface area contributed by atoms with E-state index in [1.165, 1.54) is 18.2 Å². The quantitative estimate of drug-likeness (QED) is 0.750. The van der Waals surface area contributed by atoms with Gasteiger partial charge in [0.05, 0.1) is 5.56 Å². The van der Waals surface area contributed by atoms with Crippen LogP contribution in [0.15, 0.2) is 29.8 Å². The van der Waals surface area contributed by atoms with E-state index < -0.39 is 0 Å². The molecule has 0 unspecified atom stereocenters. The van der Waals surface area contributed by atoms with Gasteiger partial charge in [-0.25, -0.2) is 0 Å². The molecule has 0 spiro atoms. The van der Waals surface area contributed by atoms with Gasteiger partial charge >= 0.3 is 0 Å². The summed E-state index contributed by atoms with van der Waals surface area (Å²) >= 11 is 0. The predicted octanol–water partition coefficient (Wildman–Crippen LogP) is 2.78. The lowest BCUT2D eigenvalue weighted by Gasteiger charge is -2.12. The number of carbonyl (C=O) groups is 1. The van der Waals surface area contributed by atoms with E-state index >= 15 is 0 Å². The summed E-state index contributed by atoms with van der Waals surface area (Å²) in [5.74, 6) is -0.319. The molecule has 0 amide bonds. The number of phenols is 2. The lowest BCUT2D eigenvalue weighted by Crippen LogP contribution is -2.06. The van der Waals surface area contributed by atoms with E-state index in [1.54, 1.807) is 0 Å². The van der Waals surface area contributed by atoms with Crippen LogP contribution < -0.4 is 0 Å². The van der Waals surface area contributed by atoms with Crippen molar-refractivity contribution in [3.8, 4) is 11.5 Å². The zero-order valence-electron chi connectivity index (χ0n) is 8.94. The minimum absolute atomic E-state index is 0.0355. The molecule has 0 saturated heterocycles. The van der Waals surface area contributed by atoms with Crippen molar-refractivity contribution in [3.05, 3.63) is 35.4 Å². The van der Waals surface area contributed by atoms with Crippen LogP contribution in [0, 0.1) is 0 Å². The lowest BCUT2D eigenvalue weighted by atomic mass is 9.93. The van der Waals surface area contributed by atoms with Crippen molar-refractivity contribution in [3.63, 3.8) is 0 Å². The fraction of sp³-hybridized carbons (Fsp3) is 0.308. The highest BCUT2D eigenvalue weighted by Crippen LogP contribution is 2.28. The highest BCUT2D eigenvalue weighted by molar-refractivity contribution is 6.10. The Morgan fingerprint density at radius 3 is 2.62 bits per heavy atom. The lowest BCUT2D eigenvalue weighted by molar-refractivity contribution is 0.102. The molecule has 0 heterocycles. The number of carbonyl (C=O) groups excluding carboxylic acids is 1. The number of allylic oxidation sites excluding steroid dienone is 2. The first kappa shape index (κ1) is 10.7. The monoisotopic (exact) mass is 218 g/mol. The van der Waals surface area contributed by atoms with E-state index in [-0.39, 0.29) is 22.8 Å². The SMILES string of the molecule is O=C(C1=CCCCC1)c1ccc(O)cc1O. The molecule has 3 heteroatoms. The van der Waals surface area contributed by atoms with Gasteiger partial charge in [-0.1, -0.05) is 6.08 Å². The second-order valence-electron chi connectivity index (χ2n) is 4.01. The van der Waals surface area contributed by atoms with Gasteiger partial charge in [0.1, 0.15) is 11.5 Å². The molecule has 0 aromatic heterocycles. The number of benzene rings is 1. The first-order valence-electron chi connectivity index (χ1n) is 5.44. The molecule has 16 heavy (non-hydrogen) atoms. The summed E-state index contributed by atoms with van der Waals surface area (Å²) < 4.78 is 0. The van der Waals surface area contributed by atoms with Gasteiger partial charge in [0.15, 0.2) is 5.78 Å². The van der Waals surface area contributed by atoms with Crippen molar-refractivity contribution in [2.24, 2.45) is 0 Å². The number of Topliss-reactive ketones (excluding diaryl/α,β-unsaturated/α-hetero) is 1. The van der Waals surface area contributed by atoms with Gasteiger partial charge in [0.2, 0.25) is 0 Å². The number of ketones is 1. The Morgan fingerprint density at radius 2 is 2.00 bits per heavy atom. The molecule has 3 nitrogen and oxygen atoms in total. The fourth-order valence-electron chi connectivity index (χ4n) is 1.93. The van der Waals surface area contributed by atoms with E-state index in [4.69, 9.17) is 5.11 Å². The van der Waals surface area contributed by atoms with Crippen LogP contribution in [-0.4, -0.2) is 16.0 Å². The van der Waals surface area contributed by atoms with Gasteiger partial charge in [-0.15, -0.1) is 0 Å². The maximum atomic E-state index is 12.0. The summed E-state index contributed by atoms with van der Waals surface area (Å²) in [6.07, 6.45) is 5.80. The summed E-state index contributed by atoms with van der Waals surface area (Å²) in [4.78, 5) is 12.0. The smallest absolute Gasteiger partial charge is 0.192 e. The topological polar surface area (TPSA) is 57.5 Å². The van der Waals surface area contributed by atoms with Gasteiger partial charge in [-0.2, -0.15) is 0 Å². The standard InChI is InChI=1S/C13H14O3/c14-10-6-7-11(12(15)8-10)13(16)9-4-2-1-3-5-9/h4,6-8,14-15H,1-3,5H2. The summed E-state index contributed by atoms with van der Waals surface area (Å²) in [5, 5.41) is 18.7. The van der Waals surface area contributed by atoms with Gasteiger partial charge in [0, 0.05) is 6.07 Å². The zero-order chi connectivity index (χ0) is 11.5. The van der Waals surface area contributed by atoms with Crippen molar-refractivity contribution in [1.29, 1.82) is 0 Å². The van der Waals surface area contributed by atoms with E-state index in [9.17, 15) is 9.90 Å². The Kier molecular flexibility index (Phi) is 2.95. The third-order valence-corrected chi connectivity index (χ3v) is 2.81. The molecular weight excluding hydrogens is 204 g/mol. The van der Waals surface area contributed by atoms with Crippen molar-refractivity contribution < 1.29 is 15.0 Å². The van der Waals surface area contributed by atoms with Crippen LogP contribution in [0.2, 0.25) is 0 Å². The molecule has 0 bridgehead atoms. The van der Waals surface area contributed by atoms with Crippen LogP contribution in [0.3, 0.4) is 0 Å². The molecule has 1 aliphatic carbocycles. The molecule has 1 aromatic rings. The third kappa shape index (κ3) is 2.08. The zero-order valence-corrected chi connectivity index (χ0v) is 8.94. The Morgan fingerprint density at radius 1 is 1.19 bits per heavy atom. The van der Waals surface area contributed by atoms with Crippen LogP contribution in [0.5, 0.6) is 11.5 Å². The average Bonchev–Trinajstić information content (AvgIpc) is 2.29. The maximum Gasteiger partial charge on any atom is 0.192 e. The first-order valence-corrected chi connectivity index (χ1v) is 5.44. The van der Waals surface area contributed by atoms with Crippen LogP contribution in [0.1, 0.15) is 36.0 Å². The van der Waals surface area contributed by atoms with Crippen molar-refractivity contribution in [1.82, 2.24) is 0 Å². The highest BCUT2D eigenvalue weighted by Gasteiger charge is 2.17. The second-order valence-corrected chi connectivity index (χ2v) is 4.01. The largest absolute Gasteiger partial charge is 0.508 e. The molecule has 84 valence electrons. The number of hydrogen-bond donors (Lipinski definition) is 2. The normalized spacial score (nSPS) is 15.6. The molecule has 1 aliphatic rings. The Hall–Kier alpha value is -1.77. The molecule has 0 atom stereocenters. The number of rotatable bonds is 2. The summed E-state index contributed by atoms with van der Waals surface area (Å²) in [7, 11) is 0.